The van der Waals surface area contributed by atoms with Crippen LogP contribution in [0.1, 0.15) is 31.9 Å². The molecule has 0 fully saturated rings. The summed E-state index contributed by atoms with van der Waals surface area (Å²) in [5.74, 6) is 0. The van der Waals surface area contributed by atoms with Crippen LogP contribution in [0.4, 0.5) is 5.69 Å². The van der Waals surface area contributed by atoms with Crippen LogP contribution in [0.3, 0.4) is 0 Å². The van der Waals surface area contributed by atoms with Gasteiger partial charge in [0.05, 0.1) is 0 Å². The Morgan fingerprint density at radius 1 is 1.16 bits per heavy atom. The van der Waals surface area contributed by atoms with Gasteiger partial charge in [-0.25, -0.2) is 0 Å². The fourth-order valence-electron chi connectivity index (χ4n) is 2.37. The molecule has 1 atom stereocenters. The molecule has 0 radical (unpaired) electrons. The lowest BCUT2D eigenvalue weighted by atomic mass is 10.0. The third-order valence-corrected chi connectivity index (χ3v) is 3.21. The van der Waals surface area contributed by atoms with Crippen molar-refractivity contribution >= 4 is 5.69 Å². The molecule has 0 aromatic heterocycles. The summed E-state index contributed by atoms with van der Waals surface area (Å²) in [6, 6.07) is 9.00. The monoisotopic (exact) mass is 258 g/mol. The molecule has 1 N–H and O–H groups in total. The summed E-state index contributed by atoms with van der Waals surface area (Å²) >= 11 is 0. The quantitative estimate of drug-likeness (QED) is 0.675. The number of para-hydroxylation sites is 1. The van der Waals surface area contributed by atoms with Gasteiger partial charge in [-0.1, -0.05) is 44.2 Å². The van der Waals surface area contributed by atoms with Crippen molar-refractivity contribution < 1.29 is 0 Å². The molecule has 1 rings (SSSR count). The maximum Gasteiger partial charge on any atom is 0.0420 e. The molecule has 0 amide bonds. The Morgan fingerprint density at radius 2 is 1.79 bits per heavy atom. The third-order valence-electron chi connectivity index (χ3n) is 3.21. The van der Waals surface area contributed by atoms with Crippen LogP contribution >= 0.6 is 0 Å². The van der Waals surface area contributed by atoms with E-state index < -0.39 is 0 Å². The van der Waals surface area contributed by atoms with Crippen molar-refractivity contribution in [1.82, 2.24) is 5.32 Å². The van der Waals surface area contributed by atoms with E-state index in [-0.39, 0.29) is 0 Å². The molecule has 0 aliphatic heterocycles. The van der Waals surface area contributed by atoms with Gasteiger partial charge in [-0.2, -0.15) is 0 Å². The van der Waals surface area contributed by atoms with Gasteiger partial charge in [0.25, 0.3) is 0 Å². The molecule has 0 saturated heterocycles. The summed E-state index contributed by atoms with van der Waals surface area (Å²) in [6.45, 7) is 14.7. The molecule has 0 bridgehead atoms. The molecule has 1 aromatic carbocycles. The van der Waals surface area contributed by atoms with Crippen LogP contribution < -0.4 is 10.2 Å². The van der Waals surface area contributed by atoms with Gasteiger partial charge in [0, 0.05) is 24.8 Å². The van der Waals surface area contributed by atoms with E-state index in [4.69, 9.17) is 0 Å². The minimum atomic E-state index is 0.401. The second-order valence-electron chi connectivity index (χ2n) is 4.56. The molecule has 0 heterocycles. The van der Waals surface area contributed by atoms with Gasteiger partial charge in [-0.3, -0.25) is 0 Å². The largest absolute Gasteiger partial charge is 0.364 e. The van der Waals surface area contributed by atoms with Gasteiger partial charge in [0.1, 0.15) is 0 Å². The fraction of sp³-hybridized carbons (Fsp3) is 0.412. The van der Waals surface area contributed by atoms with E-state index in [2.05, 4.69) is 61.5 Å². The molecule has 2 nitrogen and oxygen atoms in total. The average Bonchev–Trinajstić information content (AvgIpc) is 2.44. The number of rotatable bonds is 9. The zero-order valence-corrected chi connectivity index (χ0v) is 12.2. The Morgan fingerprint density at radius 3 is 2.32 bits per heavy atom. The highest BCUT2D eigenvalue weighted by molar-refractivity contribution is 5.56. The minimum absolute atomic E-state index is 0.401. The van der Waals surface area contributed by atoms with Crippen LogP contribution in [0, 0.1) is 0 Å². The van der Waals surface area contributed by atoms with Gasteiger partial charge in [-0.15, -0.1) is 13.2 Å². The number of benzene rings is 1. The smallest absolute Gasteiger partial charge is 0.0420 e. The molecule has 1 aromatic rings. The highest BCUT2D eigenvalue weighted by Crippen LogP contribution is 2.28. The molecule has 104 valence electrons. The average molecular weight is 258 g/mol. The fourth-order valence-corrected chi connectivity index (χ4v) is 2.37. The Bertz CT molecular complexity index is 388. The topological polar surface area (TPSA) is 15.3 Å². The Balaban J connectivity index is 3.10. The van der Waals surface area contributed by atoms with Gasteiger partial charge in [0.15, 0.2) is 0 Å². The van der Waals surface area contributed by atoms with Gasteiger partial charge < -0.3 is 10.2 Å². The number of nitrogens with one attached hydrogen (secondary N) is 1. The lowest BCUT2D eigenvalue weighted by molar-refractivity contribution is 0.537. The summed E-state index contributed by atoms with van der Waals surface area (Å²) in [7, 11) is 0. The van der Waals surface area contributed by atoms with E-state index in [1.165, 1.54) is 11.3 Å². The van der Waals surface area contributed by atoms with Crippen molar-refractivity contribution in [2.24, 2.45) is 0 Å². The predicted octanol–water partition coefficient (Wildman–Crippen LogP) is 3.93. The Labute approximate surface area is 117 Å². The molecule has 0 aliphatic carbocycles. The molecular weight excluding hydrogens is 232 g/mol. The van der Waals surface area contributed by atoms with Gasteiger partial charge >= 0.3 is 0 Å². The normalized spacial score (nSPS) is 11.9. The summed E-state index contributed by atoms with van der Waals surface area (Å²) in [4.78, 5) is 2.30. The van der Waals surface area contributed by atoms with E-state index in [0.29, 0.717) is 6.04 Å². The highest BCUT2D eigenvalue weighted by atomic mass is 15.1. The van der Waals surface area contributed by atoms with E-state index in [1.807, 2.05) is 12.2 Å². The molecule has 1 unspecified atom stereocenters. The first-order valence-electron chi connectivity index (χ1n) is 7.07. The summed E-state index contributed by atoms with van der Waals surface area (Å²) < 4.78 is 0. The number of nitrogens with zero attached hydrogens (tertiary/aromatic N) is 1. The highest BCUT2D eigenvalue weighted by Gasteiger charge is 2.15. The lowest BCUT2D eigenvalue weighted by Crippen LogP contribution is -2.27. The van der Waals surface area contributed by atoms with Crippen LogP contribution in [-0.4, -0.2) is 19.6 Å². The van der Waals surface area contributed by atoms with Crippen molar-refractivity contribution in [3.05, 3.63) is 55.1 Å². The maximum atomic E-state index is 3.85. The van der Waals surface area contributed by atoms with Crippen molar-refractivity contribution in [2.45, 2.75) is 26.3 Å². The number of hydrogen-bond donors (Lipinski definition) is 1. The predicted molar refractivity (Wildman–Crippen MR) is 85.8 cm³/mol. The third kappa shape index (κ3) is 4.25. The zero-order valence-electron chi connectivity index (χ0n) is 12.2. The maximum absolute atomic E-state index is 3.85. The SMILES string of the molecule is C=CCN(CC=C)c1ccccc1C(CC)NCC. The first kappa shape index (κ1) is 15.5. The first-order valence-corrected chi connectivity index (χ1v) is 7.07. The second-order valence-corrected chi connectivity index (χ2v) is 4.56. The van der Waals surface area contributed by atoms with E-state index in [1.54, 1.807) is 0 Å². The zero-order chi connectivity index (χ0) is 14.1. The van der Waals surface area contributed by atoms with Crippen molar-refractivity contribution in [1.29, 1.82) is 0 Å². The van der Waals surface area contributed by atoms with Crippen LogP contribution in [-0.2, 0) is 0 Å². The molecule has 2 heteroatoms. The van der Waals surface area contributed by atoms with E-state index >= 15 is 0 Å². The van der Waals surface area contributed by atoms with Crippen molar-refractivity contribution in [2.75, 3.05) is 24.5 Å². The molecule has 0 aliphatic rings. The van der Waals surface area contributed by atoms with E-state index in [9.17, 15) is 0 Å². The molecular formula is C17H26N2. The Hall–Kier alpha value is -1.54. The number of anilines is 1. The summed E-state index contributed by atoms with van der Waals surface area (Å²) in [5.41, 5.74) is 2.63. The Kier molecular flexibility index (Phi) is 6.98. The van der Waals surface area contributed by atoms with E-state index in [0.717, 1.165) is 26.1 Å². The van der Waals surface area contributed by atoms with Crippen LogP contribution in [0.25, 0.3) is 0 Å². The van der Waals surface area contributed by atoms with Gasteiger partial charge in [-0.05, 0) is 24.6 Å². The molecule has 19 heavy (non-hydrogen) atoms. The summed E-state index contributed by atoms with van der Waals surface area (Å²) in [6.07, 6.45) is 4.96. The first-order chi connectivity index (χ1) is 9.28. The summed E-state index contributed by atoms with van der Waals surface area (Å²) in [5, 5.41) is 3.55. The molecule has 0 saturated carbocycles. The second kappa shape index (κ2) is 8.54. The number of hydrogen-bond acceptors (Lipinski definition) is 2. The van der Waals surface area contributed by atoms with Crippen molar-refractivity contribution in [3.63, 3.8) is 0 Å². The van der Waals surface area contributed by atoms with Crippen LogP contribution in [0.2, 0.25) is 0 Å². The van der Waals surface area contributed by atoms with Gasteiger partial charge in [0.2, 0.25) is 0 Å². The van der Waals surface area contributed by atoms with Crippen LogP contribution in [0.5, 0.6) is 0 Å². The van der Waals surface area contributed by atoms with Crippen LogP contribution in [0.15, 0.2) is 49.6 Å². The lowest BCUT2D eigenvalue weighted by Gasteiger charge is -2.28. The standard InChI is InChI=1S/C17H26N2/c1-5-13-19(14-6-2)17-12-10-9-11-15(17)16(7-3)18-8-4/h5-6,9-12,16,18H,1-2,7-8,13-14H2,3-4H3. The molecule has 0 spiro atoms. The van der Waals surface area contributed by atoms with Crippen molar-refractivity contribution in [3.8, 4) is 0 Å². The minimum Gasteiger partial charge on any atom is -0.364 e.